The van der Waals surface area contributed by atoms with Crippen LogP contribution in [0.4, 0.5) is 0 Å². The molecule has 0 aliphatic rings. The highest BCUT2D eigenvalue weighted by atomic mass is 127. The van der Waals surface area contributed by atoms with E-state index in [0.29, 0.717) is 18.6 Å². The van der Waals surface area contributed by atoms with Gasteiger partial charge in [-0.3, -0.25) is 9.59 Å². The predicted octanol–water partition coefficient (Wildman–Crippen LogP) is 1.61. The Balaban J connectivity index is 2.19. The number of thiazole rings is 1. The van der Waals surface area contributed by atoms with Crippen molar-refractivity contribution in [2.75, 3.05) is 0 Å². The molecule has 2 aromatic heterocycles. The zero-order chi connectivity index (χ0) is 13.1. The maximum absolute atomic E-state index is 11.4. The van der Waals surface area contributed by atoms with Gasteiger partial charge in [-0.15, -0.1) is 11.3 Å². The molecule has 2 heterocycles. The van der Waals surface area contributed by atoms with E-state index in [1.54, 1.807) is 5.38 Å². The second-order valence-electron chi connectivity index (χ2n) is 3.13. The van der Waals surface area contributed by atoms with Gasteiger partial charge in [0.25, 0.3) is 5.56 Å². The van der Waals surface area contributed by atoms with Gasteiger partial charge in [-0.1, -0.05) is 0 Å². The number of aromatic amines is 1. The molecule has 0 atom stereocenters. The molecule has 0 bridgehead atoms. The number of hydrogen-bond donors (Lipinski definition) is 2. The Kier molecular flexibility index (Phi) is 4.35. The van der Waals surface area contributed by atoms with Crippen LogP contribution in [0.25, 0.3) is 0 Å². The van der Waals surface area contributed by atoms with Gasteiger partial charge >= 0.3 is 5.97 Å². The molecule has 0 saturated carbocycles. The first-order valence-electron chi connectivity index (χ1n) is 4.63. The number of nitrogens with zero attached hydrogens (tertiary/aromatic N) is 2. The van der Waals surface area contributed by atoms with Gasteiger partial charge in [0.15, 0.2) is 4.34 Å². The van der Waals surface area contributed by atoms with E-state index in [2.05, 4.69) is 15.0 Å². The normalized spacial score (nSPS) is 10.5. The Morgan fingerprint density at radius 2 is 2.39 bits per heavy atom. The fourth-order valence-electron chi connectivity index (χ4n) is 1.09. The van der Waals surface area contributed by atoms with E-state index < -0.39 is 5.97 Å². The Morgan fingerprint density at radius 1 is 1.61 bits per heavy atom. The molecule has 0 saturated heterocycles. The van der Waals surface area contributed by atoms with Crippen molar-refractivity contribution in [1.29, 1.82) is 0 Å². The summed E-state index contributed by atoms with van der Waals surface area (Å²) in [5, 5.41) is 10.9. The van der Waals surface area contributed by atoms with E-state index in [0.717, 1.165) is 0 Å². The van der Waals surface area contributed by atoms with Crippen molar-refractivity contribution in [2.24, 2.45) is 0 Å². The van der Waals surface area contributed by atoms with Crippen LogP contribution in [-0.2, 0) is 11.2 Å². The van der Waals surface area contributed by atoms with Gasteiger partial charge in [-0.2, -0.15) is 0 Å². The monoisotopic (exact) mass is 395 g/mol. The number of carbonyl (C=O) groups is 1. The van der Waals surface area contributed by atoms with Crippen LogP contribution in [0.3, 0.4) is 0 Å². The summed E-state index contributed by atoms with van der Waals surface area (Å²) in [7, 11) is 0. The number of carboxylic acids is 1. The van der Waals surface area contributed by atoms with Gasteiger partial charge in [0, 0.05) is 5.38 Å². The molecule has 6 nitrogen and oxygen atoms in total. The second-order valence-corrected chi connectivity index (χ2v) is 6.30. The molecule has 0 amide bonds. The quantitative estimate of drug-likeness (QED) is 0.603. The second kappa shape index (κ2) is 5.80. The molecule has 18 heavy (non-hydrogen) atoms. The third-order valence-electron chi connectivity index (χ3n) is 1.81. The number of halogens is 1. The summed E-state index contributed by atoms with van der Waals surface area (Å²) < 4.78 is 1.16. The first kappa shape index (κ1) is 13.5. The van der Waals surface area contributed by atoms with Crippen molar-refractivity contribution in [3.05, 3.63) is 31.3 Å². The van der Waals surface area contributed by atoms with Crippen molar-refractivity contribution in [3.8, 4) is 0 Å². The molecule has 0 radical (unpaired) electrons. The van der Waals surface area contributed by atoms with E-state index in [1.807, 2.05) is 22.6 Å². The smallest absolute Gasteiger partial charge is 0.309 e. The average Bonchev–Trinajstić information content (AvgIpc) is 2.71. The van der Waals surface area contributed by atoms with E-state index >= 15 is 0 Å². The number of rotatable bonds is 4. The lowest BCUT2D eigenvalue weighted by Gasteiger charge is -1.98. The molecule has 0 aliphatic heterocycles. The molecule has 9 heteroatoms. The summed E-state index contributed by atoms with van der Waals surface area (Å²) in [5.41, 5.74) is 0.310. The third-order valence-corrected chi connectivity index (χ3v) is 5.17. The molecule has 0 aliphatic carbocycles. The van der Waals surface area contributed by atoms with Gasteiger partial charge in [0.1, 0.15) is 8.60 Å². The van der Waals surface area contributed by atoms with Gasteiger partial charge in [-0.25, -0.2) is 9.97 Å². The first-order chi connectivity index (χ1) is 8.56. The van der Waals surface area contributed by atoms with Crippen LogP contribution in [-0.4, -0.2) is 26.0 Å². The lowest BCUT2D eigenvalue weighted by atomic mass is 10.3. The molecule has 0 spiro atoms. The van der Waals surface area contributed by atoms with Crippen LogP contribution in [0, 0.1) is 3.57 Å². The summed E-state index contributed by atoms with van der Waals surface area (Å²) in [6.45, 7) is 0. The van der Waals surface area contributed by atoms with Gasteiger partial charge in [-0.05, 0) is 34.4 Å². The highest BCUT2D eigenvalue weighted by Gasteiger charge is 2.11. The molecular weight excluding hydrogens is 389 g/mol. The lowest BCUT2D eigenvalue weighted by Crippen LogP contribution is -2.10. The third kappa shape index (κ3) is 3.29. The predicted molar refractivity (Wildman–Crippen MR) is 75.2 cm³/mol. The van der Waals surface area contributed by atoms with E-state index in [4.69, 9.17) is 5.11 Å². The maximum Gasteiger partial charge on any atom is 0.309 e. The summed E-state index contributed by atoms with van der Waals surface area (Å²) in [5.74, 6) is -0.916. The maximum atomic E-state index is 11.4. The SMILES string of the molecule is O=C(O)Cc1csc(Sc2nc[nH]c(=O)c2I)n1. The van der Waals surface area contributed by atoms with Crippen LogP contribution in [0.15, 0.2) is 25.9 Å². The zero-order valence-electron chi connectivity index (χ0n) is 8.71. The minimum atomic E-state index is -0.916. The highest BCUT2D eigenvalue weighted by molar-refractivity contribution is 14.1. The van der Waals surface area contributed by atoms with Crippen LogP contribution in [0.1, 0.15) is 5.69 Å². The van der Waals surface area contributed by atoms with Crippen LogP contribution < -0.4 is 5.56 Å². The summed E-state index contributed by atoms with van der Waals surface area (Å²) in [4.78, 5) is 32.6. The molecule has 2 rings (SSSR count). The molecule has 0 unspecified atom stereocenters. The zero-order valence-corrected chi connectivity index (χ0v) is 12.5. The number of aliphatic carboxylic acids is 1. The van der Waals surface area contributed by atoms with Crippen molar-refractivity contribution < 1.29 is 9.90 Å². The standard InChI is InChI=1S/C9H6IN3O3S2/c10-6-7(16)11-3-12-8(6)18-9-13-4(2-17-9)1-5(14)15/h2-3H,1H2,(H,14,15)(H,11,12,16). The van der Waals surface area contributed by atoms with E-state index in [9.17, 15) is 9.59 Å². The van der Waals surface area contributed by atoms with Gasteiger partial charge in [0.2, 0.25) is 0 Å². The Morgan fingerprint density at radius 3 is 3.11 bits per heavy atom. The highest BCUT2D eigenvalue weighted by Crippen LogP contribution is 2.30. The van der Waals surface area contributed by atoms with E-state index in [1.165, 1.54) is 29.4 Å². The largest absolute Gasteiger partial charge is 0.481 e. The Bertz CT molecular complexity index is 640. The van der Waals surface area contributed by atoms with Crippen LogP contribution in [0.2, 0.25) is 0 Å². The molecule has 94 valence electrons. The van der Waals surface area contributed by atoms with Crippen LogP contribution in [0.5, 0.6) is 0 Å². The summed E-state index contributed by atoms with van der Waals surface area (Å²) in [6.07, 6.45) is 1.23. The number of hydrogen-bond acceptors (Lipinski definition) is 6. The van der Waals surface area contributed by atoms with E-state index in [-0.39, 0.29) is 12.0 Å². The topological polar surface area (TPSA) is 95.9 Å². The minimum Gasteiger partial charge on any atom is -0.481 e. The minimum absolute atomic E-state index is 0.100. The summed E-state index contributed by atoms with van der Waals surface area (Å²) >= 11 is 4.50. The Labute approximate surface area is 123 Å². The van der Waals surface area contributed by atoms with Gasteiger partial charge < -0.3 is 10.1 Å². The van der Waals surface area contributed by atoms with Gasteiger partial charge in [0.05, 0.1) is 18.4 Å². The van der Waals surface area contributed by atoms with Crippen molar-refractivity contribution >= 4 is 51.7 Å². The molecule has 0 aromatic carbocycles. The van der Waals surface area contributed by atoms with Crippen molar-refractivity contribution in [1.82, 2.24) is 15.0 Å². The number of nitrogens with one attached hydrogen (secondary N) is 1. The molecular formula is C9H6IN3O3S2. The lowest BCUT2D eigenvalue weighted by molar-refractivity contribution is -0.136. The number of carboxylic acid groups (broad SMARTS) is 1. The average molecular weight is 395 g/mol. The molecule has 2 N–H and O–H groups in total. The number of aromatic nitrogens is 3. The molecule has 0 fully saturated rings. The Hall–Kier alpha value is -0.940. The van der Waals surface area contributed by atoms with Crippen LogP contribution >= 0.6 is 45.7 Å². The van der Waals surface area contributed by atoms with Crippen molar-refractivity contribution in [3.63, 3.8) is 0 Å². The number of H-pyrrole nitrogens is 1. The summed E-state index contributed by atoms with van der Waals surface area (Å²) in [6, 6.07) is 0. The fourth-order valence-corrected chi connectivity index (χ4v) is 3.45. The molecule has 2 aromatic rings. The first-order valence-corrected chi connectivity index (χ1v) is 7.41. The van der Waals surface area contributed by atoms with Crippen molar-refractivity contribution in [2.45, 2.75) is 15.8 Å². The fraction of sp³-hybridized carbons (Fsp3) is 0.111.